The molecule has 0 amide bonds. The first-order chi connectivity index (χ1) is 9.52. The highest BCUT2D eigenvalue weighted by molar-refractivity contribution is 5.89. The standard InChI is InChI=1S/C16H16O4/c1-4-11-19-15(17)10-7-13-5-8-14(9-6-13)20-16(18)12(2)3/h5-6,8-9H,2,4,11H2,1,3H3. The van der Waals surface area contributed by atoms with Gasteiger partial charge in [0.2, 0.25) is 0 Å². The van der Waals surface area contributed by atoms with E-state index in [9.17, 15) is 9.59 Å². The highest BCUT2D eigenvalue weighted by Crippen LogP contribution is 2.12. The van der Waals surface area contributed by atoms with Crippen LogP contribution in [0.15, 0.2) is 36.4 Å². The summed E-state index contributed by atoms with van der Waals surface area (Å²) in [6, 6.07) is 6.51. The molecule has 0 N–H and O–H groups in total. The van der Waals surface area contributed by atoms with E-state index in [1.54, 1.807) is 31.2 Å². The lowest BCUT2D eigenvalue weighted by molar-refractivity contribution is -0.136. The minimum Gasteiger partial charge on any atom is -0.456 e. The molecule has 0 atom stereocenters. The van der Waals surface area contributed by atoms with Crippen LogP contribution in [-0.4, -0.2) is 18.5 Å². The number of carbonyl (C=O) groups is 2. The third-order valence-corrected chi connectivity index (χ3v) is 2.16. The van der Waals surface area contributed by atoms with Gasteiger partial charge in [0.05, 0.1) is 6.61 Å². The van der Waals surface area contributed by atoms with Gasteiger partial charge in [-0.25, -0.2) is 9.59 Å². The Morgan fingerprint density at radius 3 is 2.45 bits per heavy atom. The fraction of sp³-hybridized carbons (Fsp3) is 0.250. The van der Waals surface area contributed by atoms with Crippen molar-refractivity contribution in [3.8, 4) is 17.6 Å². The van der Waals surface area contributed by atoms with E-state index in [4.69, 9.17) is 9.47 Å². The van der Waals surface area contributed by atoms with Gasteiger partial charge >= 0.3 is 11.9 Å². The van der Waals surface area contributed by atoms with E-state index in [2.05, 4.69) is 18.4 Å². The SMILES string of the molecule is C=C(C)C(=O)Oc1ccc(C#CC(=O)OCCC)cc1. The lowest BCUT2D eigenvalue weighted by Crippen LogP contribution is -2.07. The van der Waals surface area contributed by atoms with Gasteiger partial charge in [0.15, 0.2) is 0 Å². The third kappa shape index (κ3) is 5.40. The van der Waals surface area contributed by atoms with E-state index < -0.39 is 11.9 Å². The molecule has 0 aliphatic heterocycles. The summed E-state index contributed by atoms with van der Waals surface area (Å²) < 4.78 is 9.86. The molecular weight excluding hydrogens is 256 g/mol. The molecule has 20 heavy (non-hydrogen) atoms. The van der Waals surface area contributed by atoms with E-state index in [1.807, 2.05) is 6.92 Å². The number of benzene rings is 1. The van der Waals surface area contributed by atoms with Gasteiger partial charge in [0.25, 0.3) is 0 Å². The zero-order chi connectivity index (χ0) is 15.0. The zero-order valence-electron chi connectivity index (χ0n) is 11.6. The van der Waals surface area contributed by atoms with Crippen molar-refractivity contribution in [1.82, 2.24) is 0 Å². The second-order valence-corrected chi connectivity index (χ2v) is 4.08. The third-order valence-electron chi connectivity index (χ3n) is 2.16. The van der Waals surface area contributed by atoms with E-state index in [0.717, 1.165) is 6.42 Å². The minimum absolute atomic E-state index is 0.326. The van der Waals surface area contributed by atoms with Gasteiger partial charge in [-0.15, -0.1) is 0 Å². The number of rotatable bonds is 4. The van der Waals surface area contributed by atoms with Crippen LogP contribution in [0.2, 0.25) is 0 Å². The van der Waals surface area contributed by atoms with Gasteiger partial charge in [-0.1, -0.05) is 19.4 Å². The molecule has 0 fully saturated rings. The molecule has 0 aliphatic carbocycles. The number of ether oxygens (including phenoxy) is 2. The highest BCUT2D eigenvalue weighted by Gasteiger charge is 2.04. The van der Waals surface area contributed by atoms with Gasteiger partial charge in [0.1, 0.15) is 5.75 Å². The zero-order valence-corrected chi connectivity index (χ0v) is 11.6. The molecule has 0 saturated carbocycles. The van der Waals surface area contributed by atoms with Crippen LogP contribution in [0.4, 0.5) is 0 Å². The van der Waals surface area contributed by atoms with Gasteiger partial charge in [0, 0.05) is 17.1 Å². The predicted molar refractivity (Wildman–Crippen MR) is 75.0 cm³/mol. The first-order valence-corrected chi connectivity index (χ1v) is 6.19. The number of carbonyl (C=O) groups excluding carboxylic acids is 2. The Morgan fingerprint density at radius 1 is 1.25 bits per heavy atom. The normalized spacial score (nSPS) is 9.10. The Hall–Kier alpha value is -2.54. The Bertz CT molecular complexity index is 558. The molecule has 0 saturated heterocycles. The summed E-state index contributed by atoms with van der Waals surface area (Å²) in [5, 5.41) is 0. The van der Waals surface area contributed by atoms with Crippen molar-refractivity contribution in [2.45, 2.75) is 20.3 Å². The summed E-state index contributed by atoms with van der Waals surface area (Å²) in [5.74, 6) is 4.42. The molecule has 0 aromatic heterocycles. The van der Waals surface area contributed by atoms with Gasteiger partial charge in [-0.3, -0.25) is 0 Å². The van der Waals surface area contributed by atoms with Crippen LogP contribution < -0.4 is 4.74 Å². The maximum absolute atomic E-state index is 11.3. The maximum Gasteiger partial charge on any atom is 0.384 e. The molecule has 0 spiro atoms. The minimum atomic E-state index is -0.551. The average Bonchev–Trinajstić information content (AvgIpc) is 2.44. The molecule has 1 rings (SSSR count). The largest absolute Gasteiger partial charge is 0.456 e. The van der Waals surface area contributed by atoms with Crippen LogP contribution in [-0.2, 0) is 14.3 Å². The second-order valence-electron chi connectivity index (χ2n) is 4.08. The fourth-order valence-electron chi connectivity index (χ4n) is 1.15. The van der Waals surface area contributed by atoms with E-state index in [-0.39, 0.29) is 0 Å². The average molecular weight is 272 g/mol. The van der Waals surface area contributed by atoms with Crippen LogP contribution >= 0.6 is 0 Å². The summed E-state index contributed by atoms with van der Waals surface area (Å²) in [6.07, 6.45) is 0.760. The molecule has 0 heterocycles. The molecular formula is C16H16O4. The van der Waals surface area contributed by atoms with Crippen molar-refractivity contribution in [1.29, 1.82) is 0 Å². The van der Waals surface area contributed by atoms with Crippen molar-refractivity contribution >= 4 is 11.9 Å². The molecule has 1 aromatic carbocycles. The van der Waals surface area contributed by atoms with Crippen LogP contribution in [0.5, 0.6) is 5.75 Å². The van der Waals surface area contributed by atoms with E-state index in [0.29, 0.717) is 23.5 Å². The Balaban J connectivity index is 2.63. The number of hydrogen-bond donors (Lipinski definition) is 0. The van der Waals surface area contributed by atoms with Crippen molar-refractivity contribution in [2.75, 3.05) is 6.61 Å². The Kier molecular flexibility index (Phi) is 6.05. The van der Waals surface area contributed by atoms with Crippen LogP contribution in [0, 0.1) is 11.8 Å². The first-order valence-electron chi connectivity index (χ1n) is 6.19. The summed E-state index contributed by atoms with van der Waals surface area (Å²) in [6.45, 7) is 7.34. The monoisotopic (exact) mass is 272 g/mol. The lowest BCUT2D eigenvalue weighted by Gasteiger charge is -2.02. The van der Waals surface area contributed by atoms with Crippen LogP contribution in [0.3, 0.4) is 0 Å². The molecule has 1 aromatic rings. The van der Waals surface area contributed by atoms with Crippen molar-refractivity contribution < 1.29 is 19.1 Å². The van der Waals surface area contributed by atoms with Crippen molar-refractivity contribution in [2.24, 2.45) is 0 Å². The summed E-state index contributed by atoms with van der Waals surface area (Å²) in [7, 11) is 0. The summed E-state index contributed by atoms with van der Waals surface area (Å²) in [5.41, 5.74) is 0.959. The molecule has 0 radical (unpaired) electrons. The molecule has 4 nitrogen and oxygen atoms in total. The van der Waals surface area contributed by atoms with Gasteiger partial charge < -0.3 is 9.47 Å². The van der Waals surface area contributed by atoms with E-state index >= 15 is 0 Å². The van der Waals surface area contributed by atoms with E-state index in [1.165, 1.54) is 0 Å². The van der Waals surface area contributed by atoms with Crippen molar-refractivity contribution in [3.05, 3.63) is 42.0 Å². The Labute approximate surface area is 118 Å². The first kappa shape index (κ1) is 15.5. The van der Waals surface area contributed by atoms with Crippen LogP contribution in [0.1, 0.15) is 25.8 Å². The number of esters is 2. The quantitative estimate of drug-likeness (QED) is 0.366. The topological polar surface area (TPSA) is 52.6 Å². The molecule has 0 aliphatic rings. The van der Waals surface area contributed by atoms with Crippen LogP contribution in [0.25, 0.3) is 0 Å². The molecule has 4 heteroatoms. The number of hydrogen-bond acceptors (Lipinski definition) is 4. The molecule has 0 unspecified atom stereocenters. The molecule has 104 valence electrons. The summed E-state index contributed by atoms with van der Waals surface area (Å²) >= 11 is 0. The maximum atomic E-state index is 11.3. The smallest absolute Gasteiger partial charge is 0.384 e. The van der Waals surface area contributed by atoms with Gasteiger partial charge in [-0.05, 0) is 37.6 Å². The second kappa shape index (κ2) is 7.80. The Morgan fingerprint density at radius 2 is 1.90 bits per heavy atom. The predicted octanol–water partition coefficient (Wildman–Crippen LogP) is 2.47. The molecule has 0 bridgehead atoms. The lowest BCUT2D eigenvalue weighted by atomic mass is 10.2. The van der Waals surface area contributed by atoms with Gasteiger partial charge in [-0.2, -0.15) is 0 Å². The fourth-order valence-corrected chi connectivity index (χ4v) is 1.15. The highest BCUT2D eigenvalue weighted by atomic mass is 16.5. The summed E-state index contributed by atoms with van der Waals surface area (Å²) in [4.78, 5) is 22.5. The van der Waals surface area contributed by atoms with Crippen molar-refractivity contribution in [3.63, 3.8) is 0 Å².